The summed E-state index contributed by atoms with van der Waals surface area (Å²) in [6.07, 6.45) is 0. The van der Waals surface area contributed by atoms with Crippen LogP contribution in [-0.4, -0.2) is 37.6 Å². The Kier molecular flexibility index (Phi) is 4.79. The molecule has 134 valence electrons. The summed E-state index contributed by atoms with van der Waals surface area (Å²) in [4.78, 5) is 11.6. The zero-order valence-electron chi connectivity index (χ0n) is 14.5. The summed E-state index contributed by atoms with van der Waals surface area (Å²) >= 11 is 0. The Labute approximate surface area is 149 Å². The minimum Gasteiger partial charge on any atom is -0.497 e. The van der Waals surface area contributed by atoms with Crippen LogP contribution in [0.3, 0.4) is 0 Å². The van der Waals surface area contributed by atoms with Gasteiger partial charge in [-0.1, -0.05) is 5.16 Å². The first-order chi connectivity index (χ1) is 12.6. The highest BCUT2D eigenvalue weighted by Crippen LogP contribution is 2.38. The van der Waals surface area contributed by atoms with Crippen LogP contribution in [0.25, 0.3) is 22.4 Å². The maximum absolute atomic E-state index is 11.6. The van der Waals surface area contributed by atoms with Crippen LogP contribution in [-0.2, 0) is 0 Å². The minimum atomic E-state index is -1.21. The van der Waals surface area contributed by atoms with Crippen LogP contribution in [0.5, 0.6) is 17.2 Å². The van der Waals surface area contributed by atoms with Crippen molar-refractivity contribution in [3.05, 3.63) is 48.2 Å². The third kappa shape index (κ3) is 3.19. The smallest absolute Gasteiger partial charge is 0.375 e. The van der Waals surface area contributed by atoms with Gasteiger partial charge in [0.2, 0.25) is 0 Å². The van der Waals surface area contributed by atoms with Gasteiger partial charge in [-0.2, -0.15) is 0 Å². The molecule has 1 N–H and O–H groups in total. The first-order valence-electron chi connectivity index (χ1n) is 7.68. The highest BCUT2D eigenvalue weighted by Gasteiger charge is 2.25. The lowest BCUT2D eigenvalue weighted by molar-refractivity contribution is 0.0653. The van der Waals surface area contributed by atoms with E-state index in [1.807, 2.05) is 0 Å². The molecule has 7 heteroatoms. The second-order valence-corrected chi connectivity index (χ2v) is 5.37. The molecule has 0 saturated carbocycles. The third-order valence-electron chi connectivity index (χ3n) is 3.89. The molecule has 0 radical (unpaired) electrons. The van der Waals surface area contributed by atoms with E-state index in [9.17, 15) is 9.90 Å². The van der Waals surface area contributed by atoms with E-state index in [0.717, 1.165) is 0 Å². The second-order valence-electron chi connectivity index (χ2n) is 5.37. The van der Waals surface area contributed by atoms with Crippen molar-refractivity contribution < 1.29 is 28.6 Å². The Morgan fingerprint density at radius 1 is 0.885 bits per heavy atom. The van der Waals surface area contributed by atoms with Crippen molar-refractivity contribution >= 4 is 5.97 Å². The van der Waals surface area contributed by atoms with Crippen LogP contribution in [0.1, 0.15) is 10.6 Å². The Bertz CT molecular complexity index is 907. The second kappa shape index (κ2) is 7.18. The lowest BCUT2D eigenvalue weighted by atomic mass is 9.98. The highest BCUT2D eigenvalue weighted by molar-refractivity contribution is 5.98. The summed E-state index contributed by atoms with van der Waals surface area (Å²) < 4.78 is 20.8. The van der Waals surface area contributed by atoms with E-state index in [-0.39, 0.29) is 5.76 Å². The summed E-state index contributed by atoms with van der Waals surface area (Å²) in [6, 6.07) is 12.2. The lowest BCUT2D eigenvalue weighted by Gasteiger charge is -2.09. The van der Waals surface area contributed by atoms with E-state index in [1.54, 1.807) is 49.6 Å². The molecule has 0 spiro atoms. The van der Waals surface area contributed by atoms with Crippen molar-refractivity contribution in [2.24, 2.45) is 0 Å². The fraction of sp³-hybridized carbons (Fsp3) is 0.158. The molecule has 1 aromatic heterocycles. The molecule has 0 aliphatic rings. The number of methoxy groups -OCH3 is 3. The van der Waals surface area contributed by atoms with E-state index >= 15 is 0 Å². The molecule has 0 atom stereocenters. The fourth-order valence-electron chi connectivity index (χ4n) is 2.60. The average Bonchev–Trinajstić information content (AvgIpc) is 3.13. The molecular formula is C19H17NO6. The van der Waals surface area contributed by atoms with Crippen LogP contribution in [0.15, 0.2) is 47.0 Å². The van der Waals surface area contributed by atoms with Crippen molar-refractivity contribution in [2.75, 3.05) is 21.3 Å². The molecule has 2 aromatic carbocycles. The number of nitrogens with zero attached hydrogens (tertiary/aromatic N) is 1. The van der Waals surface area contributed by atoms with Crippen molar-refractivity contribution in [1.29, 1.82) is 0 Å². The van der Waals surface area contributed by atoms with Crippen LogP contribution in [0.4, 0.5) is 0 Å². The minimum absolute atomic E-state index is 0.258. The Hall–Kier alpha value is -3.48. The quantitative estimate of drug-likeness (QED) is 0.720. The average molecular weight is 355 g/mol. The van der Waals surface area contributed by atoms with Crippen LogP contribution in [0, 0.1) is 0 Å². The molecule has 0 amide bonds. The molecule has 1 heterocycles. The fourth-order valence-corrected chi connectivity index (χ4v) is 2.60. The van der Waals surface area contributed by atoms with E-state index in [0.29, 0.717) is 39.6 Å². The highest BCUT2D eigenvalue weighted by atomic mass is 16.5. The number of hydrogen-bond acceptors (Lipinski definition) is 6. The van der Waals surface area contributed by atoms with Gasteiger partial charge in [0.25, 0.3) is 5.76 Å². The summed E-state index contributed by atoms with van der Waals surface area (Å²) in [5.74, 6) is 0.260. The van der Waals surface area contributed by atoms with Gasteiger partial charge in [0, 0.05) is 11.6 Å². The number of aromatic nitrogens is 1. The van der Waals surface area contributed by atoms with Gasteiger partial charge in [-0.3, -0.25) is 0 Å². The van der Waals surface area contributed by atoms with Crippen LogP contribution >= 0.6 is 0 Å². The van der Waals surface area contributed by atoms with Crippen LogP contribution < -0.4 is 14.2 Å². The Morgan fingerprint density at radius 3 is 1.96 bits per heavy atom. The lowest BCUT2D eigenvalue weighted by Crippen LogP contribution is -1.98. The van der Waals surface area contributed by atoms with E-state index < -0.39 is 5.97 Å². The molecule has 0 unspecified atom stereocenters. The van der Waals surface area contributed by atoms with Gasteiger partial charge in [0.05, 0.1) is 26.9 Å². The first-order valence-corrected chi connectivity index (χ1v) is 7.68. The summed E-state index contributed by atoms with van der Waals surface area (Å²) in [5.41, 5.74) is 2.00. The number of rotatable bonds is 6. The molecule has 0 saturated heterocycles. The van der Waals surface area contributed by atoms with Crippen LogP contribution in [0.2, 0.25) is 0 Å². The predicted molar refractivity (Wildman–Crippen MR) is 94.0 cm³/mol. The predicted octanol–water partition coefficient (Wildman–Crippen LogP) is 3.73. The number of carboxylic acids is 1. The topological polar surface area (TPSA) is 91.0 Å². The maximum Gasteiger partial charge on any atom is 0.375 e. The van der Waals surface area contributed by atoms with Crippen molar-refractivity contribution in [3.63, 3.8) is 0 Å². The third-order valence-corrected chi connectivity index (χ3v) is 3.89. The van der Waals surface area contributed by atoms with E-state index in [2.05, 4.69) is 5.16 Å². The van der Waals surface area contributed by atoms with Gasteiger partial charge in [-0.25, -0.2) is 4.79 Å². The molecule has 0 aliphatic heterocycles. The molecule has 26 heavy (non-hydrogen) atoms. The van der Waals surface area contributed by atoms with E-state index in [1.165, 1.54) is 14.2 Å². The molecule has 0 aliphatic carbocycles. The van der Waals surface area contributed by atoms with Crippen molar-refractivity contribution in [2.45, 2.75) is 0 Å². The maximum atomic E-state index is 11.6. The van der Waals surface area contributed by atoms with Crippen molar-refractivity contribution in [3.8, 4) is 39.6 Å². The number of ether oxygens (including phenoxy) is 3. The first kappa shape index (κ1) is 17.3. The standard InChI is InChI=1S/C19H17NO6/c1-23-13-6-4-11(5-7-13)17-16(18(19(21)22)26-20-17)12-8-14(24-2)10-15(9-12)25-3/h4-10H,1-3H3,(H,21,22). The summed E-state index contributed by atoms with van der Waals surface area (Å²) in [5, 5.41) is 13.5. The van der Waals surface area contributed by atoms with Gasteiger partial charge >= 0.3 is 5.97 Å². The van der Waals surface area contributed by atoms with Gasteiger partial charge in [-0.15, -0.1) is 0 Å². The molecular weight excluding hydrogens is 338 g/mol. The monoisotopic (exact) mass is 355 g/mol. The Morgan fingerprint density at radius 2 is 1.46 bits per heavy atom. The molecule has 3 rings (SSSR count). The number of benzene rings is 2. The molecule has 7 nitrogen and oxygen atoms in total. The number of hydrogen-bond donors (Lipinski definition) is 1. The Balaban J connectivity index is 2.22. The normalized spacial score (nSPS) is 10.4. The number of carbonyl (C=O) groups is 1. The number of carboxylic acid groups (broad SMARTS) is 1. The number of aromatic carboxylic acids is 1. The van der Waals surface area contributed by atoms with Gasteiger partial charge < -0.3 is 23.8 Å². The zero-order chi connectivity index (χ0) is 18.7. The largest absolute Gasteiger partial charge is 0.497 e. The van der Waals surface area contributed by atoms with Crippen molar-refractivity contribution in [1.82, 2.24) is 5.16 Å². The summed E-state index contributed by atoms with van der Waals surface area (Å²) in [6.45, 7) is 0. The molecule has 0 fully saturated rings. The molecule has 3 aromatic rings. The zero-order valence-corrected chi connectivity index (χ0v) is 14.5. The summed E-state index contributed by atoms with van der Waals surface area (Å²) in [7, 11) is 4.62. The van der Waals surface area contributed by atoms with Gasteiger partial charge in [-0.05, 0) is 42.0 Å². The molecule has 0 bridgehead atoms. The van der Waals surface area contributed by atoms with Gasteiger partial charge in [0.15, 0.2) is 0 Å². The van der Waals surface area contributed by atoms with E-state index in [4.69, 9.17) is 18.7 Å². The van der Waals surface area contributed by atoms with Gasteiger partial charge in [0.1, 0.15) is 22.9 Å². The SMILES string of the molecule is COc1ccc(-c2noc(C(=O)O)c2-c2cc(OC)cc(OC)c2)cc1.